The first-order valence-electron chi connectivity index (χ1n) is 8.29. The molecule has 0 radical (unpaired) electrons. The van der Waals surface area contributed by atoms with Crippen LogP contribution in [0.25, 0.3) is 0 Å². The number of urea groups is 1. The number of halogens is 4. The standard InChI is InChI=1S/C16H13ClF3N3O2/c1-21-15(25)23-14(24)13(10-4-2-3-5-11(10)17)12-8-9(6-7-22-12)16(18,19)20/h2-8,13H,1H3,(H2,21,23,24,25)/i1D3. The number of aromatic nitrogens is 1. The van der Waals surface area contributed by atoms with Gasteiger partial charge in [-0.05, 0) is 23.8 Å². The maximum absolute atomic E-state index is 13.0. The lowest BCUT2D eigenvalue weighted by atomic mass is 9.93. The topological polar surface area (TPSA) is 71.1 Å². The highest BCUT2D eigenvalue weighted by Crippen LogP contribution is 2.34. The van der Waals surface area contributed by atoms with Crippen molar-refractivity contribution in [2.75, 3.05) is 6.98 Å². The van der Waals surface area contributed by atoms with Crippen LogP contribution >= 0.6 is 11.6 Å². The van der Waals surface area contributed by atoms with E-state index in [1.807, 2.05) is 0 Å². The van der Waals surface area contributed by atoms with Crippen LogP contribution in [0.4, 0.5) is 18.0 Å². The predicted octanol–water partition coefficient (Wildman–Crippen LogP) is 3.34. The average molecular weight is 375 g/mol. The van der Waals surface area contributed by atoms with E-state index in [4.69, 9.17) is 15.7 Å². The van der Waals surface area contributed by atoms with Gasteiger partial charge in [0.05, 0.1) is 11.3 Å². The summed E-state index contributed by atoms with van der Waals surface area (Å²) in [7, 11) is 0. The van der Waals surface area contributed by atoms with Crippen molar-refractivity contribution >= 4 is 23.5 Å². The van der Waals surface area contributed by atoms with E-state index in [-0.39, 0.29) is 16.3 Å². The van der Waals surface area contributed by atoms with E-state index in [1.54, 1.807) is 16.7 Å². The zero-order valence-corrected chi connectivity index (χ0v) is 13.2. The van der Waals surface area contributed by atoms with Gasteiger partial charge in [-0.2, -0.15) is 13.2 Å². The number of hydrogen-bond acceptors (Lipinski definition) is 3. The Hall–Kier alpha value is -2.61. The Labute approximate surface area is 150 Å². The molecule has 0 bridgehead atoms. The highest BCUT2D eigenvalue weighted by molar-refractivity contribution is 6.31. The highest BCUT2D eigenvalue weighted by Gasteiger charge is 2.33. The number of amides is 3. The first kappa shape index (κ1) is 14.7. The lowest BCUT2D eigenvalue weighted by Gasteiger charge is -2.18. The summed E-state index contributed by atoms with van der Waals surface area (Å²) in [6.07, 6.45) is -3.81. The van der Waals surface area contributed by atoms with Crippen LogP contribution in [0, 0.1) is 0 Å². The Balaban J connectivity index is 2.46. The summed E-state index contributed by atoms with van der Waals surface area (Å²) >= 11 is 6.07. The molecule has 1 aromatic carbocycles. The van der Waals surface area contributed by atoms with Crippen molar-refractivity contribution in [3.05, 3.63) is 64.4 Å². The molecule has 25 heavy (non-hydrogen) atoms. The summed E-state index contributed by atoms with van der Waals surface area (Å²) in [4.78, 5) is 28.1. The lowest BCUT2D eigenvalue weighted by molar-refractivity contribution is -0.137. The van der Waals surface area contributed by atoms with Crippen LogP contribution in [0.5, 0.6) is 0 Å². The zero-order chi connectivity index (χ0) is 21.1. The van der Waals surface area contributed by atoms with E-state index < -0.39 is 36.6 Å². The third-order valence-corrected chi connectivity index (χ3v) is 3.58. The Kier molecular flexibility index (Phi) is 4.42. The third kappa shape index (κ3) is 4.48. The van der Waals surface area contributed by atoms with Gasteiger partial charge in [-0.1, -0.05) is 29.8 Å². The van der Waals surface area contributed by atoms with Gasteiger partial charge in [0.25, 0.3) is 0 Å². The normalized spacial score (nSPS) is 14.6. The zero-order valence-electron chi connectivity index (χ0n) is 15.4. The molecule has 0 aliphatic carbocycles. The largest absolute Gasteiger partial charge is 0.416 e. The van der Waals surface area contributed by atoms with Gasteiger partial charge in [0.1, 0.15) is 5.92 Å². The SMILES string of the molecule is [2H]C([2H])([2H])NC(=O)NC(=O)C(c1cc(C(F)(F)F)ccn1)c1ccccc1Cl. The number of alkyl halides is 3. The molecule has 0 saturated heterocycles. The Morgan fingerprint density at radius 2 is 2.00 bits per heavy atom. The molecule has 0 aliphatic heterocycles. The predicted molar refractivity (Wildman–Crippen MR) is 85.1 cm³/mol. The van der Waals surface area contributed by atoms with E-state index in [1.165, 1.54) is 18.2 Å². The number of rotatable bonds is 3. The van der Waals surface area contributed by atoms with Gasteiger partial charge in [-0.25, -0.2) is 4.79 Å². The molecule has 2 N–H and O–H groups in total. The van der Waals surface area contributed by atoms with E-state index in [0.717, 1.165) is 12.3 Å². The average Bonchev–Trinajstić information content (AvgIpc) is 2.54. The summed E-state index contributed by atoms with van der Waals surface area (Å²) in [5.41, 5.74) is -1.27. The molecule has 0 spiro atoms. The molecule has 1 aromatic heterocycles. The fraction of sp³-hybridized carbons (Fsp3) is 0.188. The minimum atomic E-state index is -4.68. The second kappa shape index (κ2) is 7.52. The van der Waals surface area contributed by atoms with Crippen molar-refractivity contribution in [1.82, 2.24) is 15.6 Å². The smallest absolute Gasteiger partial charge is 0.341 e. The molecule has 3 amide bonds. The highest BCUT2D eigenvalue weighted by atomic mass is 35.5. The minimum Gasteiger partial charge on any atom is -0.341 e. The summed E-state index contributed by atoms with van der Waals surface area (Å²) in [5, 5.41) is 3.40. The van der Waals surface area contributed by atoms with Crippen molar-refractivity contribution in [2.45, 2.75) is 12.1 Å². The third-order valence-electron chi connectivity index (χ3n) is 3.23. The van der Waals surface area contributed by atoms with Crippen LogP contribution in [0.3, 0.4) is 0 Å². The fourth-order valence-corrected chi connectivity index (χ4v) is 2.39. The second-order valence-electron chi connectivity index (χ2n) is 4.87. The molecule has 1 atom stereocenters. The van der Waals surface area contributed by atoms with Crippen LogP contribution in [0.2, 0.25) is 5.02 Å². The number of nitrogens with one attached hydrogen (secondary N) is 2. The summed E-state index contributed by atoms with van der Waals surface area (Å²) in [6, 6.07) is 5.89. The van der Waals surface area contributed by atoms with Crippen molar-refractivity contribution < 1.29 is 26.9 Å². The van der Waals surface area contributed by atoms with Gasteiger partial charge in [0.15, 0.2) is 0 Å². The first-order valence-corrected chi connectivity index (χ1v) is 7.17. The fourth-order valence-electron chi connectivity index (χ4n) is 2.14. The number of pyridine rings is 1. The van der Waals surface area contributed by atoms with Crippen LogP contribution in [-0.4, -0.2) is 23.9 Å². The maximum atomic E-state index is 13.0. The molecule has 132 valence electrons. The van der Waals surface area contributed by atoms with Crippen molar-refractivity contribution in [1.29, 1.82) is 0 Å². The molecule has 2 aromatic rings. The molecular formula is C16H13ClF3N3O2. The summed E-state index contributed by atoms with van der Waals surface area (Å²) in [6.45, 7) is -2.86. The summed E-state index contributed by atoms with van der Waals surface area (Å²) in [5.74, 6) is -2.58. The van der Waals surface area contributed by atoms with Crippen LogP contribution < -0.4 is 10.6 Å². The van der Waals surface area contributed by atoms with E-state index in [9.17, 15) is 22.8 Å². The number of benzene rings is 1. The second-order valence-corrected chi connectivity index (χ2v) is 5.27. The molecule has 0 fully saturated rings. The summed E-state index contributed by atoms with van der Waals surface area (Å²) < 4.78 is 60.0. The van der Waals surface area contributed by atoms with Crippen molar-refractivity contribution in [3.63, 3.8) is 0 Å². The number of nitrogens with zero attached hydrogens (tertiary/aromatic N) is 1. The number of hydrogen-bond donors (Lipinski definition) is 2. The van der Waals surface area contributed by atoms with Crippen LogP contribution in [0.15, 0.2) is 42.6 Å². The molecular weight excluding hydrogens is 359 g/mol. The lowest BCUT2D eigenvalue weighted by Crippen LogP contribution is -2.40. The van der Waals surface area contributed by atoms with E-state index in [2.05, 4.69) is 4.98 Å². The number of imide groups is 1. The van der Waals surface area contributed by atoms with Gasteiger partial charge in [0.2, 0.25) is 5.91 Å². The molecule has 2 rings (SSSR count). The Morgan fingerprint density at radius 3 is 2.64 bits per heavy atom. The van der Waals surface area contributed by atoms with Gasteiger partial charge >= 0.3 is 12.2 Å². The monoisotopic (exact) mass is 374 g/mol. The van der Waals surface area contributed by atoms with Gasteiger partial charge in [-0.15, -0.1) is 0 Å². The number of carbonyl (C=O) groups excluding carboxylic acids is 2. The minimum absolute atomic E-state index is 0.0538. The quantitative estimate of drug-likeness (QED) is 0.865. The van der Waals surface area contributed by atoms with Gasteiger partial charge in [0, 0.05) is 22.3 Å². The molecule has 9 heteroatoms. The van der Waals surface area contributed by atoms with Crippen molar-refractivity contribution in [3.8, 4) is 0 Å². The van der Waals surface area contributed by atoms with Crippen molar-refractivity contribution in [2.24, 2.45) is 0 Å². The Bertz CT molecular complexity index is 891. The molecule has 1 heterocycles. The van der Waals surface area contributed by atoms with E-state index in [0.29, 0.717) is 6.07 Å². The first-order chi connectivity index (χ1) is 12.9. The maximum Gasteiger partial charge on any atom is 0.416 e. The molecule has 1 unspecified atom stereocenters. The Morgan fingerprint density at radius 1 is 1.28 bits per heavy atom. The molecule has 5 nitrogen and oxygen atoms in total. The number of carbonyl (C=O) groups is 2. The van der Waals surface area contributed by atoms with Gasteiger partial charge < -0.3 is 5.32 Å². The van der Waals surface area contributed by atoms with Crippen LogP contribution in [-0.2, 0) is 11.0 Å². The van der Waals surface area contributed by atoms with E-state index >= 15 is 0 Å². The molecule has 0 aliphatic rings. The van der Waals surface area contributed by atoms with Gasteiger partial charge in [-0.3, -0.25) is 15.1 Å². The molecule has 0 saturated carbocycles. The van der Waals surface area contributed by atoms with Crippen LogP contribution in [0.1, 0.15) is 26.9 Å².